The van der Waals surface area contributed by atoms with Crippen molar-refractivity contribution in [3.8, 4) is 11.1 Å². The summed E-state index contributed by atoms with van der Waals surface area (Å²) in [7, 11) is -1.39. The molecule has 5 rings (SSSR count). The second kappa shape index (κ2) is 11.1. The molecule has 4 aromatic rings. The van der Waals surface area contributed by atoms with E-state index in [1.165, 1.54) is 5.69 Å². The highest BCUT2D eigenvalue weighted by Crippen LogP contribution is 2.29. The van der Waals surface area contributed by atoms with Crippen LogP contribution in [-0.4, -0.2) is 63.1 Å². The molecule has 0 saturated carbocycles. The number of para-hydroxylation sites is 1. The minimum absolute atomic E-state index is 0.233. The maximum atomic E-state index is 12.6. The van der Waals surface area contributed by atoms with E-state index in [-0.39, 0.29) is 10.8 Å². The van der Waals surface area contributed by atoms with Gasteiger partial charge >= 0.3 is 0 Å². The lowest BCUT2D eigenvalue weighted by Gasteiger charge is -2.34. The van der Waals surface area contributed by atoms with Crippen molar-refractivity contribution in [1.82, 2.24) is 19.6 Å². The van der Waals surface area contributed by atoms with Crippen LogP contribution in [0.3, 0.4) is 0 Å². The Bertz CT molecular complexity index is 1510. The molecule has 9 heteroatoms. The molecule has 1 aliphatic rings. The number of nitrogens with zero attached hydrogens (tertiary/aromatic N) is 4. The van der Waals surface area contributed by atoms with Crippen molar-refractivity contribution in [3.63, 3.8) is 0 Å². The topological polar surface area (TPSA) is 90.5 Å². The number of aromatic nitrogens is 2. The van der Waals surface area contributed by atoms with E-state index in [2.05, 4.69) is 44.0 Å². The normalized spacial score (nSPS) is 14.8. The molecule has 0 atom stereocenters. The number of benzene rings is 3. The molecule has 1 aliphatic heterocycles. The Hall–Kier alpha value is -3.53. The Labute approximate surface area is 224 Å². The number of fused-ring (bicyclic) bond motifs is 1. The van der Waals surface area contributed by atoms with Crippen LogP contribution in [0.1, 0.15) is 13.8 Å². The number of anilines is 3. The molecule has 2 N–H and O–H groups in total. The zero-order chi connectivity index (χ0) is 26.7. The van der Waals surface area contributed by atoms with E-state index in [1.807, 2.05) is 62.5 Å². The summed E-state index contributed by atoms with van der Waals surface area (Å²) in [6.07, 6.45) is 1.81. The number of likely N-dealkylation sites (N-methyl/N-ethyl adjacent to an activating group) is 1. The van der Waals surface area contributed by atoms with Crippen LogP contribution >= 0.6 is 0 Å². The van der Waals surface area contributed by atoms with Gasteiger partial charge in [-0.3, -0.25) is 0 Å². The zero-order valence-electron chi connectivity index (χ0n) is 22.1. The van der Waals surface area contributed by atoms with Gasteiger partial charge in [0.25, 0.3) is 0 Å². The van der Waals surface area contributed by atoms with Gasteiger partial charge in [0.1, 0.15) is 0 Å². The van der Waals surface area contributed by atoms with Crippen molar-refractivity contribution in [1.29, 1.82) is 0 Å². The molecule has 0 radical (unpaired) electrons. The molecule has 38 heavy (non-hydrogen) atoms. The van der Waals surface area contributed by atoms with Crippen molar-refractivity contribution < 1.29 is 8.42 Å². The molecule has 0 unspecified atom stereocenters. The fourth-order valence-corrected chi connectivity index (χ4v) is 5.71. The van der Waals surface area contributed by atoms with Crippen LogP contribution in [0.15, 0.2) is 77.8 Å². The van der Waals surface area contributed by atoms with Crippen LogP contribution in [0, 0.1) is 5.92 Å². The zero-order valence-corrected chi connectivity index (χ0v) is 22.9. The van der Waals surface area contributed by atoms with Gasteiger partial charge in [0.2, 0.25) is 16.0 Å². The van der Waals surface area contributed by atoms with Gasteiger partial charge in [-0.2, -0.15) is 0 Å². The van der Waals surface area contributed by atoms with Crippen molar-refractivity contribution in [2.45, 2.75) is 18.7 Å². The van der Waals surface area contributed by atoms with Gasteiger partial charge in [-0.15, -0.1) is 0 Å². The maximum absolute atomic E-state index is 12.6. The van der Waals surface area contributed by atoms with E-state index < -0.39 is 10.0 Å². The molecule has 8 nitrogen and oxygen atoms in total. The van der Waals surface area contributed by atoms with Gasteiger partial charge in [0.05, 0.1) is 10.4 Å². The summed E-state index contributed by atoms with van der Waals surface area (Å²) in [5.41, 5.74) is 4.72. The highest BCUT2D eigenvalue weighted by atomic mass is 32.2. The number of hydrogen-bond donors (Lipinski definition) is 2. The summed E-state index contributed by atoms with van der Waals surface area (Å²) < 4.78 is 27.9. The van der Waals surface area contributed by atoms with Gasteiger partial charge in [-0.25, -0.2) is 23.1 Å². The third-order valence-corrected chi connectivity index (χ3v) is 8.18. The molecule has 1 saturated heterocycles. The van der Waals surface area contributed by atoms with Gasteiger partial charge in [0, 0.05) is 61.2 Å². The van der Waals surface area contributed by atoms with Crippen molar-refractivity contribution in [2.75, 3.05) is 50.0 Å². The highest BCUT2D eigenvalue weighted by Gasteiger charge is 2.16. The van der Waals surface area contributed by atoms with Crippen LogP contribution in [0.25, 0.3) is 22.0 Å². The smallest absolute Gasteiger partial charge is 0.240 e. The molecule has 1 fully saturated rings. The molecule has 0 spiro atoms. The summed E-state index contributed by atoms with van der Waals surface area (Å²) in [5, 5.41) is 4.28. The average molecular weight is 531 g/mol. The number of piperazine rings is 1. The standard InChI is InChI=1S/C29H34N6O2S/c1-21(2)19-31-38(36,37)26-12-10-22(11-13-26)27-9-4-6-23-20-30-29(33-28(23)27)32-24-7-5-8-25(18-24)35-16-14-34(3)15-17-35/h4-13,18,20-21,31H,14-17,19H2,1-3H3,(H,30,32,33). The second-order valence-electron chi connectivity index (χ2n) is 10.2. The summed E-state index contributed by atoms with van der Waals surface area (Å²) in [4.78, 5) is 14.4. The van der Waals surface area contributed by atoms with Crippen molar-refractivity contribution in [2.24, 2.45) is 5.92 Å². The fourth-order valence-electron chi connectivity index (χ4n) is 4.50. The molecule has 2 heterocycles. The predicted octanol–water partition coefficient (Wildman–Crippen LogP) is 4.73. The first kappa shape index (κ1) is 26.1. The minimum Gasteiger partial charge on any atom is -0.369 e. The first-order valence-corrected chi connectivity index (χ1v) is 14.4. The van der Waals surface area contributed by atoms with Crippen LogP contribution in [0.5, 0.6) is 0 Å². The predicted molar refractivity (Wildman–Crippen MR) is 154 cm³/mol. The number of rotatable bonds is 8. The van der Waals surface area contributed by atoms with Crippen LogP contribution in [0.2, 0.25) is 0 Å². The summed E-state index contributed by atoms with van der Waals surface area (Å²) >= 11 is 0. The largest absolute Gasteiger partial charge is 0.369 e. The lowest BCUT2D eigenvalue weighted by atomic mass is 10.0. The minimum atomic E-state index is -3.54. The lowest BCUT2D eigenvalue weighted by Crippen LogP contribution is -2.44. The molecule has 0 aliphatic carbocycles. The van der Waals surface area contributed by atoms with E-state index in [0.29, 0.717) is 12.5 Å². The Morgan fingerprint density at radius 3 is 2.42 bits per heavy atom. The number of hydrogen-bond acceptors (Lipinski definition) is 7. The third kappa shape index (κ3) is 5.96. The van der Waals surface area contributed by atoms with Crippen LogP contribution < -0.4 is 14.9 Å². The molecular weight excluding hydrogens is 496 g/mol. The third-order valence-electron chi connectivity index (χ3n) is 6.74. The Morgan fingerprint density at radius 2 is 1.68 bits per heavy atom. The van der Waals surface area contributed by atoms with Crippen molar-refractivity contribution >= 4 is 38.2 Å². The molecule has 1 aromatic heterocycles. The van der Waals surface area contributed by atoms with E-state index >= 15 is 0 Å². The number of nitrogens with one attached hydrogen (secondary N) is 2. The monoisotopic (exact) mass is 530 g/mol. The maximum Gasteiger partial charge on any atom is 0.240 e. The Kier molecular flexibility index (Phi) is 7.60. The van der Waals surface area contributed by atoms with Gasteiger partial charge in [0.15, 0.2) is 0 Å². The summed E-state index contributed by atoms with van der Waals surface area (Å²) in [6, 6.07) is 21.2. The lowest BCUT2D eigenvalue weighted by molar-refractivity contribution is 0.313. The van der Waals surface area contributed by atoms with E-state index in [1.54, 1.807) is 12.1 Å². The first-order chi connectivity index (χ1) is 18.3. The summed E-state index contributed by atoms with van der Waals surface area (Å²) in [5.74, 6) is 0.744. The molecule has 198 valence electrons. The van der Waals surface area contributed by atoms with Crippen LogP contribution in [-0.2, 0) is 10.0 Å². The van der Waals surface area contributed by atoms with E-state index in [9.17, 15) is 8.42 Å². The van der Waals surface area contributed by atoms with Crippen molar-refractivity contribution in [3.05, 3.63) is 72.9 Å². The van der Waals surface area contributed by atoms with Crippen LogP contribution in [0.4, 0.5) is 17.3 Å². The quantitative estimate of drug-likeness (QED) is 0.340. The van der Waals surface area contributed by atoms with Gasteiger partial charge < -0.3 is 15.1 Å². The molecule has 3 aromatic carbocycles. The fraction of sp³-hybridized carbons (Fsp3) is 0.310. The highest BCUT2D eigenvalue weighted by molar-refractivity contribution is 7.89. The number of sulfonamides is 1. The van der Waals surface area contributed by atoms with E-state index in [4.69, 9.17) is 4.98 Å². The van der Waals surface area contributed by atoms with E-state index in [0.717, 1.165) is 53.9 Å². The average Bonchev–Trinajstić information content (AvgIpc) is 2.92. The Balaban J connectivity index is 1.39. The molecule has 0 bridgehead atoms. The Morgan fingerprint density at radius 1 is 0.947 bits per heavy atom. The van der Waals surface area contributed by atoms with Gasteiger partial charge in [-0.1, -0.05) is 50.2 Å². The molecule has 0 amide bonds. The first-order valence-electron chi connectivity index (χ1n) is 12.9. The second-order valence-corrected chi connectivity index (χ2v) is 11.9. The SMILES string of the molecule is CC(C)CNS(=O)(=O)c1ccc(-c2cccc3cnc(Nc4cccc(N5CCN(C)CC5)c4)nc23)cc1. The molecular formula is C29H34N6O2S. The van der Waals surface area contributed by atoms with Gasteiger partial charge in [-0.05, 0) is 48.9 Å². The summed E-state index contributed by atoms with van der Waals surface area (Å²) in [6.45, 7) is 8.46.